The third kappa shape index (κ3) is 5.70. The Morgan fingerprint density at radius 3 is 1.87 bits per heavy atom. The highest BCUT2D eigenvalue weighted by atomic mass is 16.6. The predicted molar refractivity (Wildman–Crippen MR) is 90.2 cm³/mol. The van der Waals surface area contributed by atoms with Gasteiger partial charge >= 0.3 is 6.09 Å². The van der Waals surface area contributed by atoms with Crippen molar-refractivity contribution in [3.8, 4) is 0 Å². The zero-order chi connectivity index (χ0) is 16.9. The molecule has 132 valence electrons. The molecular formula is C18H32N2O3. The molecule has 2 aliphatic rings. The molecule has 0 aromatic heterocycles. The summed E-state index contributed by atoms with van der Waals surface area (Å²) in [6, 6.07) is 0. The van der Waals surface area contributed by atoms with Gasteiger partial charge < -0.3 is 14.5 Å². The van der Waals surface area contributed by atoms with Gasteiger partial charge in [0.2, 0.25) is 5.91 Å². The summed E-state index contributed by atoms with van der Waals surface area (Å²) in [4.78, 5) is 28.6. The number of carbonyl (C=O) groups excluding carboxylic acids is 2. The van der Waals surface area contributed by atoms with Gasteiger partial charge in [0.15, 0.2) is 0 Å². The Morgan fingerprint density at radius 1 is 0.826 bits per heavy atom. The zero-order valence-electron chi connectivity index (χ0n) is 15.0. The van der Waals surface area contributed by atoms with Gasteiger partial charge in [-0.15, -0.1) is 0 Å². The van der Waals surface area contributed by atoms with E-state index in [9.17, 15) is 9.59 Å². The van der Waals surface area contributed by atoms with Crippen molar-refractivity contribution in [3.05, 3.63) is 0 Å². The van der Waals surface area contributed by atoms with Crippen LogP contribution >= 0.6 is 0 Å². The average molecular weight is 324 g/mol. The van der Waals surface area contributed by atoms with Gasteiger partial charge in [-0.3, -0.25) is 4.79 Å². The van der Waals surface area contributed by atoms with Crippen molar-refractivity contribution in [2.24, 2.45) is 5.92 Å². The second-order valence-electron chi connectivity index (χ2n) is 7.83. The molecular weight excluding hydrogens is 292 g/mol. The van der Waals surface area contributed by atoms with Gasteiger partial charge in [-0.1, -0.05) is 19.3 Å². The van der Waals surface area contributed by atoms with Crippen LogP contribution in [0, 0.1) is 5.92 Å². The van der Waals surface area contributed by atoms with Crippen LogP contribution in [0.5, 0.6) is 0 Å². The number of hydrogen-bond donors (Lipinski definition) is 0. The maximum absolute atomic E-state index is 12.7. The molecule has 23 heavy (non-hydrogen) atoms. The van der Waals surface area contributed by atoms with E-state index < -0.39 is 5.60 Å². The van der Waals surface area contributed by atoms with Crippen LogP contribution in [0.4, 0.5) is 4.79 Å². The van der Waals surface area contributed by atoms with E-state index in [-0.39, 0.29) is 12.0 Å². The fourth-order valence-electron chi connectivity index (χ4n) is 3.36. The highest BCUT2D eigenvalue weighted by Gasteiger charge is 2.31. The number of hydrogen-bond acceptors (Lipinski definition) is 3. The Balaban J connectivity index is 1.81. The molecule has 0 aromatic carbocycles. The highest BCUT2D eigenvalue weighted by Crippen LogP contribution is 2.23. The monoisotopic (exact) mass is 324 g/mol. The Morgan fingerprint density at radius 2 is 1.35 bits per heavy atom. The zero-order valence-corrected chi connectivity index (χ0v) is 15.0. The fraction of sp³-hybridized carbons (Fsp3) is 0.889. The summed E-state index contributed by atoms with van der Waals surface area (Å²) in [6.07, 6.45) is 7.29. The first-order valence-electron chi connectivity index (χ1n) is 9.13. The lowest BCUT2D eigenvalue weighted by Crippen LogP contribution is -2.46. The maximum Gasteiger partial charge on any atom is 0.410 e. The first-order valence-corrected chi connectivity index (χ1v) is 9.13. The van der Waals surface area contributed by atoms with E-state index in [1.54, 1.807) is 4.90 Å². The first-order chi connectivity index (χ1) is 10.9. The Hall–Kier alpha value is -1.26. The maximum atomic E-state index is 12.7. The minimum atomic E-state index is -0.464. The Labute approximate surface area is 140 Å². The molecule has 2 fully saturated rings. The molecule has 0 radical (unpaired) electrons. The lowest BCUT2D eigenvalue weighted by Gasteiger charge is -2.35. The summed E-state index contributed by atoms with van der Waals surface area (Å²) in [7, 11) is 0. The number of ether oxygens (including phenoxy) is 1. The second-order valence-corrected chi connectivity index (χ2v) is 7.83. The topological polar surface area (TPSA) is 49.9 Å². The minimum absolute atomic E-state index is 0.0770. The molecule has 5 nitrogen and oxygen atoms in total. The Kier molecular flexibility index (Phi) is 6.31. The smallest absolute Gasteiger partial charge is 0.410 e. The van der Waals surface area contributed by atoms with Gasteiger partial charge in [-0.05, 0) is 46.5 Å². The van der Waals surface area contributed by atoms with Gasteiger partial charge in [0.1, 0.15) is 5.60 Å². The van der Waals surface area contributed by atoms with Gasteiger partial charge in [0.05, 0.1) is 0 Å². The van der Waals surface area contributed by atoms with E-state index in [2.05, 4.69) is 4.90 Å². The van der Waals surface area contributed by atoms with Crippen LogP contribution in [0.15, 0.2) is 0 Å². The first kappa shape index (κ1) is 18.1. The number of rotatable bonds is 1. The van der Waals surface area contributed by atoms with E-state index in [1.807, 2.05) is 20.8 Å². The lowest BCUT2D eigenvalue weighted by molar-refractivity contribution is -0.137. The summed E-state index contributed by atoms with van der Waals surface area (Å²) < 4.78 is 5.41. The summed E-state index contributed by atoms with van der Waals surface area (Å²) >= 11 is 0. The van der Waals surface area contributed by atoms with Crippen LogP contribution in [-0.2, 0) is 9.53 Å². The van der Waals surface area contributed by atoms with E-state index in [4.69, 9.17) is 4.74 Å². The normalized spacial score (nSPS) is 21.5. The van der Waals surface area contributed by atoms with Crippen molar-refractivity contribution in [2.45, 2.75) is 71.3 Å². The van der Waals surface area contributed by atoms with Crippen molar-refractivity contribution >= 4 is 12.0 Å². The molecule has 0 atom stereocenters. The van der Waals surface area contributed by atoms with E-state index in [0.717, 1.165) is 38.8 Å². The number of carbonyl (C=O) groups is 2. The molecule has 0 spiro atoms. The van der Waals surface area contributed by atoms with Gasteiger partial charge in [0.25, 0.3) is 0 Å². The van der Waals surface area contributed by atoms with E-state index in [1.165, 1.54) is 19.3 Å². The van der Waals surface area contributed by atoms with E-state index >= 15 is 0 Å². The summed E-state index contributed by atoms with van der Waals surface area (Å²) in [5.41, 5.74) is -0.464. The molecule has 2 aliphatic heterocycles. The Bertz CT molecular complexity index is 401. The average Bonchev–Trinajstić information content (AvgIpc) is 2.45. The second kappa shape index (κ2) is 8.02. The van der Waals surface area contributed by atoms with Crippen LogP contribution in [0.1, 0.15) is 65.7 Å². The molecule has 0 aliphatic carbocycles. The molecule has 2 rings (SSSR count). The van der Waals surface area contributed by atoms with Crippen molar-refractivity contribution < 1.29 is 14.3 Å². The molecule has 0 bridgehead atoms. The van der Waals surface area contributed by atoms with Crippen LogP contribution in [0.25, 0.3) is 0 Å². The van der Waals surface area contributed by atoms with Crippen molar-refractivity contribution in [1.29, 1.82) is 0 Å². The van der Waals surface area contributed by atoms with Crippen molar-refractivity contribution in [3.63, 3.8) is 0 Å². The third-order valence-corrected chi connectivity index (χ3v) is 4.66. The molecule has 0 aromatic rings. The fourth-order valence-corrected chi connectivity index (χ4v) is 3.36. The van der Waals surface area contributed by atoms with Crippen LogP contribution < -0.4 is 0 Å². The van der Waals surface area contributed by atoms with Crippen molar-refractivity contribution in [1.82, 2.24) is 9.80 Å². The number of amides is 2. The lowest BCUT2D eigenvalue weighted by atomic mass is 9.94. The summed E-state index contributed by atoms with van der Waals surface area (Å²) in [5, 5.41) is 0. The number of likely N-dealkylation sites (tertiary alicyclic amines) is 2. The highest BCUT2D eigenvalue weighted by molar-refractivity contribution is 5.79. The molecule has 2 saturated heterocycles. The van der Waals surface area contributed by atoms with Gasteiger partial charge in [0, 0.05) is 32.1 Å². The quantitative estimate of drug-likeness (QED) is 0.742. The summed E-state index contributed by atoms with van der Waals surface area (Å²) in [6.45, 7) is 8.70. The third-order valence-electron chi connectivity index (χ3n) is 4.66. The molecule has 0 saturated carbocycles. The number of piperidine rings is 1. The molecule has 5 heteroatoms. The van der Waals surface area contributed by atoms with Crippen molar-refractivity contribution in [2.75, 3.05) is 26.2 Å². The van der Waals surface area contributed by atoms with E-state index in [0.29, 0.717) is 19.0 Å². The van der Waals surface area contributed by atoms with Gasteiger partial charge in [-0.2, -0.15) is 0 Å². The molecule has 2 amide bonds. The summed E-state index contributed by atoms with van der Waals surface area (Å²) in [5.74, 6) is 0.379. The van der Waals surface area contributed by atoms with Crippen LogP contribution in [-0.4, -0.2) is 53.6 Å². The van der Waals surface area contributed by atoms with Crippen LogP contribution in [0.3, 0.4) is 0 Å². The number of nitrogens with zero attached hydrogens (tertiary/aromatic N) is 2. The minimum Gasteiger partial charge on any atom is -0.444 e. The molecule has 0 N–H and O–H groups in total. The van der Waals surface area contributed by atoms with Gasteiger partial charge in [-0.25, -0.2) is 4.79 Å². The van der Waals surface area contributed by atoms with Crippen LogP contribution in [0.2, 0.25) is 0 Å². The predicted octanol–water partition coefficient (Wildman–Crippen LogP) is 3.43. The molecule has 2 heterocycles. The standard InChI is InChI=1S/C18H32N2O3/c1-18(2,3)23-17(22)20-13-9-15(10-14-20)16(21)19-11-7-5-4-6-8-12-19/h15H,4-14H2,1-3H3. The SMILES string of the molecule is CC(C)(C)OC(=O)N1CCC(C(=O)N2CCCCCCC2)CC1. The largest absolute Gasteiger partial charge is 0.444 e. The molecule has 0 unspecified atom stereocenters.